The molecule has 0 aliphatic heterocycles. The van der Waals surface area contributed by atoms with Crippen LogP contribution < -0.4 is 10.9 Å². The zero-order chi connectivity index (χ0) is 16.4. The predicted octanol–water partition coefficient (Wildman–Crippen LogP) is 3.33. The first kappa shape index (κ1) is 15.0. The van der Waals surface area contributed by atoms with Gasteiger partial charge >= 0.3 is 0 Å². The van der Waals surface area contributed by atoms with Gasteiger partial charge < -0.3 is 10.3 Å². The van der Waals surface area contributed by atoms with E-state index in [2.05, 4.69) is 10.3 Å². The molecule has 3 rings (SSSR count). The molecule has 1 heterocycles. The molecule has 4 heteroatoms. The summed E-state index contributed by atoms with van der Waals surface area (Å²) in [6, 6.07) is 16.4. The molecule has 1 aromatic heterocycles. The molecule has 1 amide bonds. The summed E-state index contributed by atoms with van der Waals surface area (Å²) in [5, 5.41) is 3.72. The van der Waals surface area contributed by atoms with Gasteiger partial charge in [0.1, 0.15) is 0 Å². The molecule has 0 saturated carbocycles. The Kier molecular flexibility index (Phi) is 3.98. The Labute approximate surface area is 134 Å². The quantitative estimate of drug-likeness (QED) is 0.779. The summed E-state index contributed by atoms with van der Waals surface area (Å²) < 4.78 is 0. The smallest absolute Gasteiger partial charge is 0.252 e. The Balaban J connectivity index is 1.95. The highest BCUT2D eigenvalue weighted by atomic mass is 16.2. The number of aryl methyl sites for hydroxylation is 1. The van der Waals surface area contributed by atoms with Gasteiger partial charge in [-0.25, -0.2) is 0 Å². The third kappa shape index (κ3) is 3.01. The zero-order valence-corrected chi connectivity index (χ0v) is 13.1. The molecule has 3 aromatic rings. The number of H-pyrrole nitrogens is 1. The van der Waals surface area contributed by atoms with Crippen molar-refractivity contribution in [1.82, 2.24) is 10.3 Å². The van der Waals surface area contributed by atoms with Crippen molar-refractivity contribution in [3.63, 3.8) is 0 Å². The van der Waals surface area contributed by atoms with Gasteiger partial charge in [0.15, 0.2) is 0 Å². The van der Waals surface area contributed by atoms with E-state index < -0.39 is 0 Å². The maximum atomic E-state index is 12.6. The largest absolute Gasteiger partial charge is 0.345 e. The van der Waals surface area contributed by atoms with E-state index in [-0.39, 0.29) is 17.5 Å². The third-order valence-corrected chi connectivity index (χ3v) is 4.00. The van der Waals surface area contributed by atoms with Crippen LogP contribution in [-0.2, 0) is 0 Å². The molecule has 2 aromatic carbocycles. The lowest BCUT2D eigenvalue weighted by Crippen LogP contribution is -2.28. The second-order valence-corrected chi connectivity index (χ2v) is 5.64. The zero-order valence-electron chi connectivity index (χ0n) is 13.1. The van der Waals surface area contributed by atoms with Crippen molar-refractivity contribution in [3.8, 4) is 0 Å². The van der Waals surface area contributed by atoms with E-state index in [0.717, 1.165) is 16.5 Å². The van der Waals surface area contributed by atoms with Crippen LogP contribution in [0.25, 0.3) is 10.9 Å². The Morgan fingerprint density at radius 1 is 1.09 bits per heavy atom. The average molecular weight is 306 g/mol. The van der Waals surface area contributed by atoms with E-state index in [1.165, 1.54) is 6.07 Å². The first-order valence-corrected chi connectivity index (χ1v) is 7.54. The van der Waals surface area contributed by atoms with Crippen LogP contribution >= 0.6 is 0 Å². The Morgan fingerprint density at radius 2 is 1.78 bits per heavy atom. The van der Waals surface area contributed by atoms with E-state index in [1.807, 2.05) is 56.3 Å². The molecule has 1 atom stereocenters. The first-order chi connectivity index (χ1) is 11.1. The van der Waals surface area contributed by atoms with Crippen molar-refractivity contribution in [3.05, 3.63) is 81.6 Å². The van der Waals surface area contributed by atoms with Crippen LogP contribution in [0.15, 0.2) is 59.4 Å². The molecule has 0 aliphatic rings. The van der Waals surface area contributed by atoms with Crippen molar-refractivity contribution in [2.75, 3.05) is 0 Å². The molecule has 0 spiro atoms. The molecule has 0 fully saturated rings. The number of aromatic nitrogens is 1. The number of nitrogens with one attached hydrogen (secondary N) is 2. The number of pyridine rings is 1. The fraction of sp³-hybridized carbons (Fsp3) is 0.158. The minimum absolute atomic E-state index is 0.137. The number of hydrogen-bond acceptors (Lipinski definition) is 2. The molecule has 116 valence electrons. The average Bonchev–Trinajstić information content (AvgIpc) is 2.54. The Morgan fingerprint density at radius 3 is 2.57 bits per heavy atom. The minimum atomic E-state index is -0.280. The summed E-state index contributed by atoms with van der Waals surface area (Å²) in [7, 11) is 0. The third-order valence-electron chi connectivity index (χ3n) is 4.00. The fourth-order valence-corrected chi connectivity index (χ4v) is 2.82. The number of rotatable bonds is 3. The Bertz CT molecular complexity index is 928. The SMILES string of the molecule is Cc1ccccc1C(C)NC(=O)c1cc(=O)[nH]c2ccccc12. The van der Waals surface area contributed by atoms with Gasteiger partial charge in [-0.15, -0.1) is 0 Å². The number of carbonyl (C=O) groups excluding carboxylic acids is 1. The van der Waals surface area contributed by atoms with Crippen LogP contribution in [0.4, 0.5) is 0 Å². The molecular weight excluding hydrogens is 288 g/mol. The summed E-state index contributed by atoms with van der Waals surface area (Å²) in [5.74, 6) is -0.247. The number of carbonyl (C=O) groups is 1. The van der Waals surface area contributed by atoms with Crippen molar-refractivity contribution in [2.24, 2.45) is 0 Å². The number of fused-ring (bicyclic) bond motifs is 1. The van der Waals surface area contributed by atoms with Gasteiger partial charge in [0.2, 0.25) is 5.56 Å². The van der Waals surface area contributed by atoms with Crippen LogP contribution in [0.2, 0.25) is 0 Å². The molecule has 1 unspecified atom stereocenters. The first-order valence-electron chi connectivity index (χ1n) is 7.54. The molecular formula is C19H18N2O2. The van der Waals surface area contributed by atoms with E-state index in [0.29, 0.717) is 11.1 Å². The summed E-state index contributed by atoms with van der Waals surface area (Å²) in [6.45, 7) is 3.95. The Hall–Kier alpha value is -2.88. The highest BCUT2D eigenvalue weighted by molar-refractivity contribution is 6.06. The standard InChI is InChI=1S/C19H18N2O2/c1-12-7-3-4-8-14(12)13(2)20-19(23)16-11-18(22)21-17-10-6-5-9-15(16)17/h3-11,13H,1-2H3,(H,20,23)(H,21,22). The van der Waals surface area contributed by atoms with Crippen molar-refractivity contribution in [1.29, 1.82) is 0 Å². The van der Waals surface area contributed by atoms with Gasteiger partial charge in [0.05, 0.1) is 11.6 Å². The van der Waals surface area contributed by atoms with Crippen molar-refractivity contribution < 1.29 is 4.79 Å². The normalized spacial score (nSPS) is 12.1. The number of para-hydroxylation sites is 1. The highest BCUT2D eigenvalue weighted by Gasteiger charge is 2.15. The van der Waals surface area contributed by atoms with Gasteiger partial charge in [0, 0.05) is 17.0 Å². The van der Waals surface area contributed by atoms with Gasteiger partial charge in [-0.2, -0.15) is 0 Å². The maximum absolute atomic E-state index is 12.6. The van der Waals surface area contributed by atoms with Gasteiger partial charge in [0.25, 0.3) is 5.91 Å². The lowest BCUT2D eigenvalue weighted by molar-refractivity contribution is 0.0941. The van der Waals surface area contributed by atoms with Crippen molar-refractivity contribution >= 4 is 16.8 Å². The predicted molar refractivity (Wildman–Crippen MR) is 91.6 cm³/mol. The molecule has 23 heavy (non-hydrogen) atoms. The van der Waals surface area contributed by atoms with Crippen molar-refractivity contribution in [2.45, 2.75) is 19.9 Å². The lowest BCUT2D eigenvalue weighted by Gasteiger charge is -2.17. The van der Waals surface area contributed by atoms with E-state index in [9.17, 15) is 9.59 Å². The van der Waals surface area contributed by atoms with Crippen LogP contribution in [0, 0.1) is 6.92 Å². The topological polar surface area (TPSA) is 62.0 Å². The lowest BCUT2D eigenvalue weighted by atomic mass is 10.0. The minimum Gasteiger partial charge on any atom is -0.345 e. The summed E-state index contributed by atoms with van der Waals surface area (Å²) in [4.78, 5) is 27.2. The molecule has 0 saturated heterocycles. The highest BCUT2D eigenvalue weighted by Crippen LogP contribution is 2.19. The number of aromatic amines is 1. The molecule has 0 bridgehead atoms. The van der Waals surface area contributed by atoms with Crippen LogP contribution in [0.1, 0.15) is 34.5 Å². The van der Waals surface area contributed by atoms with Gasteiger partial charge in [-0.1, -0.05) is 42.5 Å². The van der Waals surface area contributed by atoms with Crippen LogP contribution in [0.3, 0.4) is 0 Å². The van der Waals surface area contributed by atoms with E-state index in [1.54, 1.807) is 6.07 Å². The molecule has 2 N–H and O–H groups in total. The number of benzene rings is 2. The summed E-state index contributed by atoms with van der Waals surface area (Å²) in [5.41, 5.74) is 2.96. The second kappa shape index (κ2) is 6.08. The maximum Gasteiger partial charge on any atom is 0.252 e. The number of hydrogen-bond donors (Lipinski definition) is 2. The van der Waals surface area contributed by atoms with E-state index >= 15 is 0 Å². The number of amides is 1. The second-order valence-electron chi connectivity index (χ2n) is 5.64. The van der Waals surface area contributed by atoms with E-state index in [4.69, 9.17) is 0 Å². The molecule has 0 radical (unpaired) electrons. The summed E-state index contributed by atoms with van der Waals surface area (Å²) >= 11 is 0. The summed E-state index contributed by atoms with van der Waals surface area (Å²) in [6.07, 6.45) is 0. The van der Waals surface area contributed by atoms with Gasteiger partial charge in [-0.3, -0.25) is 9.59 Å². The fourth-order valence-electron chi connectivity index (χ4n) is 2.82. The van der Waals surface area contributed by atoms with Crippen LogP contribution in [0.5, 0.6) is 0 Å². The monoisotopic (exact) mass is 306 g/mol. The molecule has 4 nitrogen and oxygen atoms in total. The molecule has 0 aliphatic carbocycles. The van der Waals surface area contributed by atoms with Gasteiger partial charge in [-0.05, 0) is 31.0 Å². The van der Waals surface area contributed by atoms with Crippen LogP contribution in [-0.4, -0.2) is 10.9 Å².